The SMILES string of the molecule is O=C1c2ccccc2C(=O)C1(c1ccc2ccccc2n1)[N+](=O)[O-]. The number of nitro groups is 1. The van der Waals surface area contributed by atoms with E-state index in [0.29, 0.717) is 5.52 Å². The van der Waals surface area contributed by atoms with Crippen molar-refractivity contribution >= 4 is 22.5 Å². The second kappa shape index (κ2) is 4.79. The minimum absolute atomic E-state index is 0.0640. The Bertz CT molecular complexity index is 1010. The quantitative estimate of drug-likeness (QED) is 0.412. The van der Waals surface area contributed by atoms with Gasteiger partial charge in [-0.3, -0.25) is 19.7 Å². The molecule has 0 aliphatic heterocycles. The van der Waals surface area contributed by atoms with Crippen LogP contribution in [0.4, 0.5) is 0 Å². The Hall–Kier alpha value is -3.41. The van der Waals surface area contributed by atoms with Gasteiger partial charge in [-0.25, -0.2) is 4.98 Å². The zero-order valence-corrected chi connectivity index (χ0v) is 12.3. The average Bonchev–Trinajstić information content (AvgIpc) is 2.84. The molecule has 24 heavy (non-hydrogen) atoms. The Morgan fingerprint density at radius 1 is 0.833 bits per heavy atom. The molecule has 1 aromatic heterocycles. The summed E-state index contributed by atoms with van der Waals surface area (Å²) in [7, 11) is 0. The minimum atomic E-state index is -2.51. The van der Waals surface area contributed by atoms with E-state index in [9.17, 15) is 19.7 Å². The predicted octanol–water partition coefficient (Wildman–Crippen LogP) is 2.79. The Kier molecular flexibility index (Phi) is 2.83. The van der Waals surface area contributed by atoms with Gasteiger partial charge in [-0.2, -0.15) is 0 Å². The molecule has 0 unspecified atom stereocenters. The number of carbonyl (C=O) groups is 2. The van der Waals surface area contributed by atoms with E-state index in [4.69, 9.17) is 0 Å². The van der Waals surface area contributed by atoms with Crippen LogP contribution in [0.15, 0.2) is 60.7 Å². The lowest BCUT2D eigenvalue weighted by Crippen LogP contribution is -2.46. The van der Waals surface area contributed by atoms with Crippen molar-refractivity contribution in [3.05, 3.63) is 87.6 Å². The molecule has 0 bridgehead atoms. The van der Waals surface area contributed by atoms with E-state index in [2.05, 4.69) is 4.98 Å². The third-order valence-corrected chi connectivity index (χ3v) is 4.32. The Labute approximate surface area is 135 Å². The largest absolute Gasteiger partial charge is 0.386 e. The zero-order valence-electron chi connectivity index (χ0n) is 12.3. The van der Waals surface area contributed by atoms with Gasteiger partial charge in [-0.1, -0.05) is 48.5 Å². The molecule has 1 aliphatic carbocycles. The molecule has 2 aromatic carbocycles. The third kappa shape index (κ3) is 1.62. The lowest BCUT2D eigenvalue weighted by molar-refractivity contribution is -0.538. The number of carbonyl (C=O) groups excluding carboxylic acids is 2. The van der Waals surface area contributed by atoms with E-state index < -0.39 is 22.0 Å². The molecule has 3 aromatic rings. The van der Waals surface area contributed by atoms with E-state index in [0.717, 1.165) is 5.39 Å². The first kappa shape index (κ1) is 14.2. The van der Waals surface area contributed by atoms with Crippen molar-refractivity contribution in [1.29, 1.82) is 0 Å². The van der Waals surface area contributed by atoms with Crippen molar-refractivity contribution in [2.24, 2.45) is 0 Å². The smallest absolute Gasteiger partial charge is 0.285 e. The molecule has 0 radical (unpaired) electrons. The predicted molar refractivity (Wildman–Crippen MR) is 85.5 cm³/mol. The highest BCUT2D eigenvalue weighted by atomic mass is 16.6. The van der Waals surface area contributed by atoms with Gasteiger partial charge in [0.05, 0.1) is 5.52 Å². The van der Waals surface area contributed by atoms with Crippen LogP contribution in [-0.4, -0.2) is 21.5 Å². The molecular weight excluding hydrogens is 308 g/mol. The molecule has 0 fully saturated rings. The van der Waals surface area contributed by atoms with Crippen LogP contribution in [0.5, 0.6) is 0 Å². The van der Waals surface area contributed by atoms with E-state index in [-0.39, 0.29) is 16.8 Å². The fourth-order valence-electron chi connectivity index (χ4n) is 3.13. The highest BCUT2D eigenvalue weighted by molar-refractivity contribution is 6.31. The van der Waals surface area contributed by atoms with Crippen LogP contribution in [0, 0.1) is 10.1 Å². The van der Waals surface area contributed by atoms with Crippen LogP contribution < -0.4 is 0 Å². The molecule has 116 valence electrons. The Morgan fingerprint density at radius 3 is 2.04 bits per heavy atom. The molecule has 1 aliphatic rings. The van der Waals surface area contributed by atoms with Crippen molar-refractivity contribution in [1.82, 2.24) is 4.98 Å². The monoisotopic (exact) mass is 318 g/mol. The number of hydrogen-bond donors (Lipinski definition) is 0. The third-order valence-electron chi connectivity index (χ3n) is 4.32. The number of hydrogen-bond acceptors (Lipinski definition) is 5. The summed E-state index contributed by atoms with van der Waals surface area (Å²) >= 11 is 0. The summed E-state index contributed by atoms with van der Waals surface area (Å²) in [5, 5.41) is 12.6. The van der Waals surface area contributed by atoms with Gasteiger partial charge in [-0.05, 0) is 12.1 Å². The van der Waals surface area contributed by atoms with E-state index in [1.54, 1.807) is 36.4 Å². The maximum absolute atomic E-state index is 12.8. The van der Waals surface area contributed by atoms with Crippen molar-refractivity contribution in [2.75, 3.05) is 0 Å². The highest BCUT2D eigenvalue weighted by Crippen LogP contribution is 2.39. The van der Waals surface area contributed by atoms with Crippen molar-refractivity contribution < 1.29 is 14.5 Å². The van der Waals surface area contributed by atoms with Crippen LogP contribution in [0.2, 0.25) is 0 Å². The number of fused-ring (bicyclic) bond motifs is 2. The zero-order chi connectivity index (χ0) is 16.9. The van der Waals surface area contributed by atoms with Crippen molar-refractivity contribution in [3.8, 4) is 0 Å². The summed E-state index contributed by atoms with van der Waals surface area (Å²) in [6.45, 7) is 0. The number of rotatable bonds is 2. The summed E-state index contributed by atoms with van der Waals surface area (Å²) in [5.41, 5.74) is -2.04. The van der Waals surface area contributed by atoms with E-state index in [1.165, 1.54) is 18.2 Å². The molecule has 4 rings (SSSR count). The van der Waals surface area contributed by atoms with Gasteiger partial charge in [0.1, 0.15) is 5.69 Å². The highest BCUT2D eigenvalue weighted by Gasteiger charge is 2.66. The Morgan fingerprint density at radius 2 is 1.42 bits per heavy atom. The van der Waals surface area contributed by atoms with Crippen LogP contribution in [-0.2, 0) is 5.54 Å². The maximum atomic E-state index is 12.8. The molecule has 6 heteroatoms. The standard InChI is InChI=1S/C18H10N2O4/c21-16-12-6-2-3-7-13(12)17(22)18(16,20(23)24)15-10-9-11-5-1-4-8-14(11)19-15/h1-10H. The fourth-order valence-corrected chi connectivity index (χ4v) is 3.13. The van der Waals surface area contributed by atoms with Crippen LogP contribution >= 0.6 is 0 Å². The number of para-hydroxylation sites is 1. The summed E-state index contributed by atoms with van der Waals surface area (Å²) in [5.74, 6) is -1.67. The van der Waals surface area contributed by atoms with Gasteiger partial charge in [0.2, 0.25) is 0 Å². The molecule has 6 nitrogen and oxygen atoms in total. The summed E-state index contributed by atoms with van der Waals surface area (Å²) in [6, 6.07) is 16.1. The molecule has 0 saturated carbocycles. The second-order valence-electron chi connectivity index (χ2n) is 5.56. The molecule has 1 heterocycles. The number of pyridine rings is 1. The van der Waals surface area contributed by atoms with Crippen molar-refractivity contribution in [3.63, 3.8) is 0 Å². The first-order chi connectivity index (χ1) is 11.6. The van der Waals surface area contributed by atoms with Crippen LogP contribution in [0.3, 0.4) is 0 Å². The van der Waals surface area contributed by atoms with E-state index >= 15 is 0 Å². The average molecular weight is 318 g/mol. The lowest BCUT2D eigenvalue weighted by atomic mass is 9.89. The summed E-state index contributed by atoms with van der Waals surface area (Å²) in [4.78, 5) is 40.9. The number of aromatic nitrogens is 1. The number of ketones is 2. The molecule has 0 saturated heterocycles. The molecule has 0 atom stereocenters. The van der Waals surface area contributed by atoms with Gasteiger partial charge in [0.15, 0.2) is 0 Å². The first-order valence-corrected chi connectivity index (χ1v) is 7.26. The number of nitrogens with zero attached hydrogens (tertiary/aromatic N) is 2. The minimum Gasteiger partial charge on any atom is -0.285 e. The van der Waals surface area contributed by atoms with Crippen molar-refractivity contribution in [2.45, 2.75) is 5.54 Å². The molecule has 0 amide bonds. The topological polar surface area (TPSA) is 90.2 Å². The summed E-state index contributed by atoms with van der Waals surface area (Å²) < 4.78 is 0. The molecule has 0 spiro atoms. The van der Waals surface area contributed by atoms with Gasteiger partial charge >= 0.3 is 5.54 Å². The Balaban J connectivity index is 2.03. The van der Waals surface area contributed by atoms with Gasteiger partial charge in [0, 0.05) is 21.4 Å². The van der Waals surface area contributed by atoms with Gasteiger partial charge < -0.3 is 0 Å². The maximum Gasteiger partial charge on any atom is 0.386 e. The van der Waals surface area contributed by atoms with Crippen LogP contribution in [0.1, 0.15) is 26.4 Å². The van der Waals surface area contributed by atoms with E-state index in [1.807, 2.05) is 6.07 Å². The molecule has 0 N–H and O–H groups in total. The second-order valence-corrected chi connectivity index (χ2v) is 5.56. The van der Waals surface area contributed by atoms with Gasteiger partial charge in [-0.15, -0.1) is 0 Å². The van der Waals surface area contributed by atoms with Crippen LogP contribution in [0.25, 0.3) is 10.9 Å². The summed E-state index contributed by atoms with van der Waals surface area (Å²) in [6.07, 6.45) is 0. The normalized spacial score (nSPS) is 15.5. The fraction of sp³-hybridized carbons (Fsp3) is 0.0556. The number of Topliss-reactive ketones (excluding diaryl/α,β-unsaturated/α-hetero) is 2. The number of benzene rings is 2. The first-order valence-electron chi connectivity index (χ1n) is 7.26. The van der Waals surface area contributed by atoms with Gasteiger partial charge in [0.25, 0.3) is 11.6 Å². The molecular formula is C18H10N2O4. The lowest BCUT2D eigenvalue weighted by Gasteiger charge is -2.16.